The van der Waals surface area contributed by atoms with Crippen molar-refractivity contribution >= 4 is 21.7 Å². The second kappa shape index (κ2) is 4.94. The molecule has 0 radical (unpaired) electrons. The Labute approximate surface area is 63.4 Å². The molecule has 0 aromatic heterocycles. The number of aliphatic hydroxyl groups excluding tert-OH is 1. The predicted molar refractivity (Wildman–Crippen MR) is 39.5 cm³/mol. The number of hydrogen-bond acceptors (Lipinski definition) is 2. The number of carbonyl (C=O) groups excluding carboxylic acids is 1. The van der Waals surface area contributed by atoms with Gasteiger partial charge in [-0.05, 0) is 22.4 Å². The number of Topliss-reactive ketones (excluding diaryl/α,β-unsaturated/α-hetero) is 1. The summed E-state index contributed by atoms with van der Waals surface area (Å²) in [5.74, 6) is -0.128. The van der Waals surface area contributed by atoms with E-state index in [9.17, 15) is 4.79 Å². The van der Waals surface area contributed by atoms with Crippen LogP contribution in [0.25, 0.3) is 0 Å². The van der Waals surface area contributed by atoms with E-state index in [0.29, 0.717) is 6.42 Å². The van der Waals surface area contributed by atoms with Crippen LogP contribution in [0.5, 0.6) is 0 Å². The van der Waals surface area contributed by atoms with Gasteiger partial charge in [0.1, 0.15) is 0 Å². The molecule has 0 amide bonds. The third-order valence-electron chi connectivity index (χ3n) is 1.04. The van der Waals surface area contributed by atoms with E-state index in [1.807, 2.05) is 6.92 Å². The molecule has 0 aliphatic carbocycles. The van der Waals surface area contributed by atoms with E-state index < -0.39 is 5.01 Å². The minimum absolute atomic E-state index is 0.128. The monoisotopic (exact) mass is 194 g/mol. The molecule has 2 nitrogen and oxygen atoms in total. The van der Waals surface area contributed by atoms with Crippen molar-refractivity contribution in [3.8, 4) is 0 Å². The molecule has 0 aliphatic heterocycles. The van der Waals surface area contributed by atoms with Crippen molar-refractivity contribution in [3.63, 3.8) is 0 Å². The van der Waals surface area contributed by atoms with E-state index >= 15 is 0 Å². The Kier molecular flexibility index (Phi) is 5.00. The maximum Gasteiger partial charge on any atom is 0.172 e. The minimum atomic E-state index is -0.955. The van der Waals surface area contributed by atoms with E-state index in [2.05, 4.69) is 15.9 Å². The maximum absolute atomic E-state index is 10.6. The topological polar surface area (TPSA) is 37.3 Å². The Hall–Kier alpha value is 0.110. The highest BCUT2D eigenvalue weighted by Gasteiger charge is 2.08. The van der Waals surface area contributed by atoms with Crippen LogP contribution in [-0.2, 0) is 4.79 Å². The van der Waals surface area contributed by atoms with Gasteiger partial charge in [-0.15, -0.1) is 0 Å². The Morgan fingerprint density at radius 3 is 2.67 bits per heavy atom. The van der Waals surface area contributed by atoms with Crippen molar-refractivity contribution in [3.05, 3.63) is 0 Å². The van der Waals surface area contributed by atoms with Crippen molar-refractivity contribution in [2.24, 2.45) is 0 Å². The van der Waals surface area contributed by atoms with Crippen molar-refractivity contribution in [1.82, 2.24) is 0 Å². The van der Waals surface area contributed by atoms with Crippen LogP contribution in [0.15, 0.2) is 0 Å². The lowest BCUT2D eigenvalue weighted by Gasteiger charge is -1.98. The van der Waals surface area contributed by atoms with E-state index in [1.165, 1.54) is 0 Å². The molecule has 9 heavy (non-hydrogen) atoms. The molecule has 1 N–H and O–H groups in total. The van der Waals surface area contributed by atoms with E-state index in [0.717, 1.165) is 12.8 Å². The Bertz CT molecular complexity index is 91.1. The van der Waals surface area contributed by atoms with Gasteiger partial charge in [-0.1, -0.05) is 13.3 Å². The fraction of sp³-hybridized carbons (Fsp3) is 0.833. The summed E-state index contributed by atoms with van der Waals surface area (Å²) in [7, 11) is 0. The van der Waals surface area contributed by atoms with Crippen molar-refractivity contribution < 1.29 is 9.90 Å². The standard InChI is InChI=1S/C6H11BrO2/c1-2-3-4-5(8)6(7)9/h6,9H,2-4H2,1H3. The molecule has 3 heteroatoms. The first kappa shape index (κ1) is 9.11. The molecular formula is C6H11BrO2. The number of unbranched alkanes of at least 4 members (excludes halogenated alkanes) is 1. The largest absolute Gasteiger partial charge is 0.374 e. The molecule has 0 bridgehead atoms. The van der Waals surface area contributed by atoms with Gasteiger partial charge in [-0.3, -0.25) is 4.79 Å². The molecule has 0 saturated heterocycles. The third-order valence-corrected chi connectivity index (χ3v) is 1.55. The number of hydrogen-bond donors (Lipinski definition) is 1. The van der Waals surface area contributed by atoms with Crippen LogP contribution in [0.1, 0.15) is 26.2 Å². The summed E-state index contributed by atoms with van der Waals surface area (Å²) in [5.41, 5.74) is 0. The normalized spacial score (nSPS) is 13.2. The zero-order valence-corrected chi connectivity index (χ0v) is 7.02. The summed E-state index contributed by atoms with van der Waals surface area (Å²) in [6, 6.07) is 0. The highest BCUT2D eigenvalue weighted by Crippen LogP contribution is 2.03. The van der Waals surface area contributed by atoms with Gasteiger partial charge in [0.15, 0.2) is 10.8 Å². The van der Waals surface area contributed by atoms with Crippen LogP contribution in [-0.4, -0.2) is 15.9 Å². The van der Waals surface area contributed by atoms with E-state index in [1.54, 1.807) is 0 Å². The van der Waals surface area contributed by atoms with Gasteiger partial charge >= 0.3 is 0 Å². The summed E-state index contributed by atoms with van der Waals surface area (Å²) >= 11 is 2.78. The summed E-state index contributed by atoms with van der Waals surface area (Å²) in [5, 5.41) is 7.66. The summed E-state index contributed by atoms with van der Waals surface area (Å²) in [6.45, 7) is 2.01. The average Bonchev–Trinajstić information content (AvgIpc) is 1.82. The van der Waals surface area contributed by atoms with Gasteiger partial charge in [0.25, 0.3) is 0 Å². The SMILES string of the molecule is CCCCC(=O)C(O)Br. The van der Waals surface area contributed by atoms with Crippen LogP contribution >= 0.6 is 15.9 Å². The number of carbonyl (C=O) groups is 1. The van der Waals surface area contributed by atoms with Gasteiger partial charge in [-0.2, -0.15) is 0 Å². The minimum Gasteiger partial charge on any atom is -0.374 e. The molecule has 1 unspecified atom stereocenters. The number of aliphatic hydroxyl groups is 1. The van der Waals surface area contributed by atoms with Gasteiger partial charge in [0, 0.05) is 6.42 Å². The Morgan fingerprint density at radius 2 is 2.33 bits per heavy atom. The first-order valence-corrected chi connectivity index (χ1v) is 3.95. The fourth-order valence-electron chi connectivity index (χ4n) is 0.470. The molecule has 0 aromatic rings. The first-order valence-electron chi connectivity index (χ1n) is 3.03. The van der Waals surface area contributed by atoms with Crippen LogP contribution in [0, 0.1) is 0 Å². The van der Waals surface area contributed by atoms with Crippen molar-refractivity contribution in [2.45, 2.75) is 31.2 Å². The van der Waals surface area contributed by atoms with Crippen molar-refractivity contribution in [1.29, 1.82) is 0 Å². The number of ketones is 1. The molecule has 0 aromatic carbocycles. The Balaban J connectivity index is 3.28. The van der Waals surface area contributed by atoms with Crippen molar-refractivity contribution in [2.75, 3.05) is 0 Å². The number of rotatable bonds is 4. The summed E-state index contributed by atoms with van der Waals surface area (Å²) in [6.07, 6.45) is 2.33. The van der Waals surface area contributed by atoms with Crippen LogP contribution < -0.4 is 0 Å². The number of alkyl halides is 1. The summed E-state index contributed by atoms with van der Waals surface area (Å²) in [4.78, 5) is 10.6. The molecule has 0 spiro atoms. The van der Waals surface area contributed by atoms with Gasteiger partial charge in [0.2, 0.25) is 0 Å². The average molecular weight is 195 g/mol. The first-order chi connectivity index (χ1) is 4.18. The molecule has 54 valence electrons. The second-order valence-electron chi connectivity index (χ2n) is 1.91. The molecule has 1 atom stereocenters. The predicted octanol–water partition coefficient (Wildman–Crippen LogP) is 1.46. The maximum atomic E-state index is 10.6. The van der Waals surface area contributed by atoms with E-state index in [-0.39, 0.29) is 5.78 Å². The third kappa shape index (κ3) is 4.60. The van der Waals surface area contributed by atoms with Gasteiger partial charge in [-0.25, -0.2) is 0 Å². The zero-order valence-electron chi connectivity index (χ0n) is 5.43. The zero-order chi connectivity index (χ0) is 7.28. The quantitative estimate of drug-likeness (QED) is 0.689. The van der Waals surface area contributed by atoms with Crippen LogP contribution in [0.2, 0.25) is 0 Å². The lowest BCUT2D eigenvalue weighted by molar-refractivity contribution is -0.123. The van der Waals surface area contributed by atoms with Gasteiger partial charge < -0.3 is 5.11 Å². The molecule has 0 aliphatic rings. The lowest BCUT2D eigenvalue weighted by atomic mass is 10.2. The van der Waals surface area contributed by atoms with E-state index in [4.69, 9.17) is 5.11 Å². The molecule has 0 saturated carbocycles. The van der Waals surface area contributed by atoms with Crippen LogP contribution in [0.4, 0.5) is 0 Å². The van der Waals surface area contributed by atoms with Crippen LogP contribution in [0.3, 0.4) is 0 Å². The van der Waals surface area contributed by atoms with Gasteiger partial charge in [0.05, 0.1) is 0 Å². The highest BCUT2D eigenvalue weighted by molar-refractivity contribution is 9.09. The molecular weight excluding hydrogens is 184 g/mol. The molecule has 0 rings (SSSR count). The highest BCUT2D eigenvalue weighted by atomic mass is 79.9. The number of halogens is 1. The smallest absolute Gasteiger partial charge is 0.172 e. The fourth-order valence-corrected chi connectivity index (χ4v) is 0.699. The summed E-state index contributed by atoms with van der Waals surface area (Å²) < 4.78 is 0. The molecule has 0 fully saturated rings. The Morgan fingerprint density at radius 1 is 1.78 bits per heavy atom. The lowest BCUT2D eigenvalue weighted by Crippen LogP contribution is -2.11. The molecule has 0 heterocycles. The second-order valence-corrected chi connectivity index (χ2v) is 2.77.